The normalized spacial score (nSPS) is 13.0. The Balaban J connectivity index is 0.998. The summed E-state index contributed by atoms with van der Waals surface area (Å²) in [5, 5.41) is 4.50. The number of hydrogen-bond donors (Lipinski definition) is 0. The first-order valence-corrected chi connectivity index (χ1v) is 20.7. The number of nitrogens with zero attached hydrogens (tertiary/aromatic N) is 1. The van der Waals surface area contributed by atoms with Crippen molar-refractivity contribution in [2.75, 3.05) is 4.90 Å². The van der Waals surface area contributed by atoms with E-state index >= 15 is 0 Å². The Morgan fingerprint density at radius 2 is 0.817 bits per heavy atom. The van der Waals surface area contributed by atoms with Crippen LogP contribution in [0.2, 0.25) is 0 Å². The van der Waals surface area contributed by atoms with Crippen LogP contribution >= 0.6 is 0 Å². The molecule has 0 amide bonds. The highest BCUT2D eigenvalue weighted by molar-refractivity contribution is 6.11. The van der Waals surface area contributed by atoms with Gasteiger partial charge >= 0.3 is 0 Å². The summed E-state index contributed by atoms with van der Waals surface area (Å²) in [5.41, 5.74) is 18.8. The third-order valence-electron chi connectivity index (χ3n) is 12.7. The fourth-order valence-electron chi connectivity index (χ4n) is 9.72. The zero-order chi connectivity index (χ0) is 40.0. The van der Waals surface area contributed by atoms with Crippen molar-refractivity contribution < 1.29 is 8.83 Å². The maximum absolute atomic E-state index is 6.52. The third kappa shape index (κ3) is 5.29. The van der Waals surface area contributed by atoms with Gasteiger partial charge in [-0.15, -0.1) is 0 Å². The van der Waals surface area contributed by atoms with Crippen molar-refractivity contribution in [3.05, 3.63) is 211 Å². The van der Waals surface area contributed by atoms with E-state index in [2.05, 4.69) is 195 Å². The van der Waals surface area contributed by atoms with Gasteiger partial charge < -0.3 is 13.7 Å². The van der Waals surface area contributed by atoms with E-state index in [9.17, 15) is 0 Å². The fourth-order valence-corrected chi connectivity index (χ4v) is 9.72. The first-order valence-electron chi connectivity index (χ1n) is 20.7. The van der Waals surface area contributed by atoms with Gasteiger partial charge in [-0.05, 0) is 99.1 Å². The largest absolute Gasteiger partial charge is 0.455 e. The standard InChI is InChI=1S/C57H39NO2/c1-57(2)51-24-6-3-17-45(51)50-35-38(29-32-52(50)57)37-13-9-15-41(33-37)58(40-30-27-36(28-31-40)43-20-11-22-48-46-18-4-7-25-53(46)59-55(43)48)42-16-10-14-39(34-42)44-21-12-23-49-47-19-5-8-26-54(47)60-56(44)49/h3-35H,1-2H3. The molecule has 12 rings (SSSR count). The molecule has 0 saturated carbocycles. The lowest BCUT2D eigenvalue weighted by Gasteiger charge is -2.27. The highest BCUT2D eigenvalue weighted by Crippen LogP contribution is 2.50. The smallest absolute Gasteiger partial charge is 0.143 e. The van der Waals surface area contributed by atoms with Gasteiger partial charge in [0.2, 0.25) is 0 Å². The Bertz CT molecular complexity index is 3470. The fraction of sp³-hybridized carbons (Fsp3) is 0.0526. The number of furan rings is 2. The van der Waals surface area contributed by atoms with E-state index in [0.29, 0.717) is 0 Å². The van der Waals surface area contributed by atoms with Gasteiger partial charge in [0.15, 0.2) is 0 Å². The van der Waals surface area contributed by atoms with Crippen molar-refractivity contribution >= 4 is 60.9 Å². The van der Waals surface area contributed by atoms with Crippen LogP contribution in [0.1, 0.15) is 25.0 Å². The molecule has 0 unspecified atom stereocenters. The molecule has 0 fully saturated rings. The molecular formula is C57H39NO2. The van der Waals surface area contributed by atoms with Gasteiger partial charge in [0.1, 0.15) is 22.3 Å². The minimum absolute atomic E-state index is 0.0388. The first kappa shape index (κ1) is 34.4. The molecule has 0 radical (unpaired) electrons. The molecule has 0 saturated heterocycles. The van der Waals surface area contributed by atoms with Crippen molar-refractivity contribution in [2.45, 2.75) is 19.3 Å². The van der Waals surface area contributed by atoms with Gasteiger partial charge in [-0.1, -0.05) is 159 Å². The zero-order valence-electron chi connectivity index (χ0n) is 33.3. The quantitative estimate of drug-likeness (QED) is 0.169. The molecule has 3 nitrogen and oxygen atoms in total. The lowest BCUT2D eigenvalue weighted by atomic mass is 9.82. The Morgan fingerprint density at radius 3 is 1.50 bits per heavy atom. The van der Waals surface area contributed by atoms with Crippen LogP contribution in [0.25, 0.3) is 88.4 Å². The molecule has 284 valence electrons. The Hall–Kier alpha value is -7.62. The number of fused-ring (bicyclic) bond motifs is 9. The highest BCUT2D eigenvalue weighted by Gasteiger charge is 2.35. The van der Waals surface area contributed by atoms with Crippen molar-refractivity contribution in [3.8, 4) is 44.5 Å². The van der Waals surface area contributed by atoms with Gasteiger partial charge in [0, 0.05) is 55.1 Å². The average molecular weight is 770 g/mol. The van der Waals surface area contributed by atoms with Crippen molar-refractivity contribution in [2.24, 2.45) is 0 Å². The van der Waals surface area contributed by atoms with Gasteiger partial charge in [0.05, 0.1) is 0 Å². The van der Waals surface area contributed by atoms with Crippen molar-refractivity contribution in [1.82, 2.24) is 0 Å². The summed E-state index contributed by atoms with van der Waals surface area (Å²) >= 11 is 0. The van der Waals surface area contributed by atoms with Crippen LogP contribution in [0.4, 0.5) is 17.1 Å². The van der Waals surface area contributed by atoms with Gasteiger partial charge in [0.25, 0.3) is 0 Å². The Labute approximate surface area is 348 Å². The molecule has 0 spiro atoms. The molecule has 0 bridgehead atoms. The molecule has 11 aromatic rings. The SMILES string of the molecule is CC1(C)c2ccccc2-c2cc(-c3cccc(N(c4ccc(-c5cccc6c5oc5ccccc56)cc4)c4cccc(-c5cccc6c5oc5ccccc56)c4)c3)ccc21. The van der Waals surface area contributed by atoms with Crippen molar-refractivity contribution in [3.63, 3.8) is 0 Å². The number of hydrogen-bond acceptors (Lipinski definition) is 3. The van der Waals surface area contributed by atoms with Gasteiger partial charge in [-0.3, -0.25) is 0 Å². The maximum atomic E-state index is 6.52. The van der Waals surface area contributed by atoms with E-state index in [1.54, 1.807) is 0 Å². The highest BCUT2D eigenvalue weighted by atomic mass is 16.3. The molecule has 0 N–H and O–H groups in total. The summed E-state index contributed by atoms with van der Waals surface area (Å²) in [6, 6.07) is 71.9. The maximum Gasteiger partial charge on any atom is 0.143 e. The Morgan fingerprint density at radius 1 is 0.333 bits per heavy atom. The summed E-state index contributed by atoms with van der Waals surface area (Å²) in [6.07, 6.45) is 0. The monoisotopic (exact) mass is 769 g/mol. The molecule has 3 heteroatoms. The number of benzene rings is 9. The second-order valence-corrected chi connectivity index (χ2v) is 16.5. The molecule has 2 aromatic heterocycles. The van der Waals surface area contributed by atoms with E-state index in [1.807, 2.05) is 24.3 Å². The van der Waals surface area contributed by atoms with Crippen LogP contribution in [0.3, 0.4) is 0 Å². The summed E-state index contributed by atoms with van der Waals surface area (Å²) in [6.45, 7) is 4.67. The van der Waals surface area contributed by atoms with Crippen LogP contribution in [-0.2, 0) is 5.41 Å². The third-order valence-corrected chi connectivity index (χ3v) is 12.7. The zero-order valence-corrected chi connectivity index (χ0v) is 33.3. The van der Waals surface area contributed by atoms with E-state index in [1.165, 1.54) is 33.4 Å². The molecule has 2 heterocycles. The lowest BCUT2D eigenvalue weighted by molar-refractivity contribution is 0.660. The summed E-state index contributed by atoms with van der Waals surface area (Å²) in [4.78, 5) is 2.36. The topological polar surface area (TPSA) is 29.5 Å². The van der Waals surface area contributed by atoms with E-state index in [0.717, 1.165) is 83.2 Å². The molecular weight excluding hydrogens is 731 g/mol. The predicted molar refractivity (Wildman–Crippen MR) is 250 cm³/mol. The molecule has 60 heavy (non-hydrogen) atoms. The van der Waals surface area contributed by atoms with E-state index in [-0.39, 0.29) is 5.41 Å². The second kappa shape index (κ2) is 13.2. The van der Waals surface area contributed by atoms with E-state index < -0.39 is 0 Å². The summed E-state index contributed by atoms with van der Waals surface area (Å²) < 4.78 is 13.0. The van der Waals surface area contributed by atoms with Crippen LogP contribution in [0.5, 0.6) is 0 Å². The average Bonchev–Trinajstić information content (AvgIpc) is 3.95. The van der Waals surface area contributed by atoms with Crippen LogP contribution < -0.4 is 4.90 Å². The lowest BCUT2D eigenvalue weighted by Crippen LogP contribution is -2.14. The molecule has 1 aliphatic rings. The van der Waals surface area contributed by atoms with Crippen LogP contribution in [0.15, 0.2) is 209 Å². The number of rotatable bonds is 6. The molecule has 9 aromatic carbocycles. The summed E-state index contributed by atoms with van der Waals surface area (Å²) in [5.74, 6) is 0. The van der Waals surface area contributed by atoms with Crippen molar-refractivity contribution in [1.29, 1.82) is 0 Å². The van der Waals surface area contributed by atoms with E-state index in [4.69, 9.17) is 8.83 Å². The van der Waals surface area contributed by atoms with Crippen LogP contribution in [0, 0.1) is 0 Å². The van der Waals surface area contributed by atoms with Crippen LogP contribution in [-0.4, -0.2) is 0 Å². The summed E-state index contributed by atoms with van der Waals surface area (Å²) in [7, 11) is 0. The molecule has 0 aliphatic heterocycles. The molecule has 0 atom stereocenters. The Kier molecular flexibility index (Phi) is 7.58. The van der Waals surface area contributed by atoms with Gasteiger partial charge in [-0.2, -0.15) is 0 Å². The number of anilines is 3. The van der Waals surface area contributed by atoms with Gasteiger partial charge in [-0.25, -0.2) is 0 Å². The second-order valence-electron chi connectivity index (χ2n) is 16.5. The number of para-hydroxylation sites is 4. The minimum atomic E-state index is -0.0388. The first-order chi connectivity index (χ1) is 29.5. The predicted octanol–water partition coefficient (Wildman–Crippen LogP) is 16.3. The minimum Gasteiger partial charge on any atom is -0.455 e. The molecule has 1 aliphatic carbocycles.